The lowest BCUT2D eigenvalue weighted by Crippen LogP contribution is -2.34. The van der Waals surface area contributed by atoms with E-state index in [0.29, 0.717) is 47.3 Å². The highest BCUT2D eigenvalue weighted by Gasteiger charge is 2.37. The third-order valence-corrected chi connectivity index (χ3v) is 9.97. The first kappa shape index (κ1) is 31.0. The van der Waals surface area contributed by atoms with Gasteiger partial charge in [0.1, 0.15) is 5.75 Å². The van der Waals surface area contributed by atoms with Crippen molar-refractivity contribution >= 4 is 0 Å². The summed E-state index contributed by atoms with van der Waals surface area (Å²) in [5, 5.41) is 11.5. The van der Waals surface area contributed by atoms with Gasteiger partial charge in [0.15, 0.2) is 34.5 Å². The van der Waals surface area contributed by atoms with E-state index in [0.717, 1.165) is 53.9 Å². The van der Waals surface area contributed by atoms with Crippen LogP contribution in [0.25, 0.3) is 0 Å². The molecule has 0 unspecified atom stereocenters. The summed E-state index contributed by atoms with van der Waals surface area (Å²) in [4.78, 5) is 4.69. The molecule has 1 N–H and O–H groups in total. The Morgan fingerprint density at radius 2 is 1.34 bits per heavy atom. The Hall–Kier alpha value is -4.60. The summed E-state index contributed by atoms with van der Waals surface area (Å²) in [6, 6.07) is 18.5. The van der Waals surface area contributed by atoms with Crippen molar-refractivity contribution in [1.82, 2.24) is 9.80 Å². The Kier molecular flexibility index (Phi) is 8.28. The number of methoxy groups -OCH3 is 4. The smallest absolute Gasteiger partial charge is 0.208 e. The molecule has 4 aromatic rings. The van der Waals surface area contributed by atoms with Crippen molar-refractivity contribution < 1.29 is 33.5 Å². The largest absolute Gasteiger partial charge is 0.504 e. The van der Waals surface area contributed by atoms with Crippen LogP contribution in [0.3, 0.4) is 0 Å². The monoisotopic (exact) mass is 638 g/mol. The van der Waals surface area contributed by atoms with Crippen molar-refractivity contribution in [2.45, 2.75) is 37.8 Å². The van der Waals surface area contributed by atoms with E-state index in [9.17, 15) is 5.11 Å². The molecule has 0 aliphatic carbocycles. The molecule has 246 valence electrons. The van der Waals surface area contributed by atoms with Gasteiger partial charge < -0.3 is 33.5 Å². The highest BCUT2D eigenvalue weighted by atomic mass is 16.5. The maximum atomic E-state index is 11.5. The second kappa shape index (κ2) is 12.5. The van der Waals surface area contributed by atoms with Gasteiger partial charge in [0, 0.05) is 36.3 Å². The first-order valence-corrected chi connectivity index (χ1v) is 16.1. The molecule has 0 aromatic heterocycles. The fourth-order valence-electron chi connectivity index (χ4n) is 7.38. The van der Waals surface area contributed by atoms with Crippen LogP contribution < -0.4 is 28.4 Å². The second-order valence-corrected chi connectivity index (χ2v) is 12.6. The third-order valence-electron chi connectivity index (χ3n) is 9.97. The van der Waals surface area contributed by atoms with Crippen LogP contribution in [0.5, 0.6) is 51.7 Å². The Morgan fingerprint density at radius 3 is 2.06 bits per heavy atom. The van der Waals surface area contributed by atoms with Gasteiger partial charge in [-0.15, -0.1) is 0 Å². The number of nitrogens with zero attached hydrogens (tertiary/aromatic N) is 2. The third kappa shape index (κ3) is 5.47. The second-order valence-electron chi connectivity index (χ2n) is 12.6. The van der Waals surface area contributed by atoms with Gasteiger partial charge in [-0.1, -0.05) is 18.2 Å². The molecule has 0 spiro atoms. The van der Waals surface area contributed by atoms with Crippen LogP contribution in [0.2, 0.25) is 0 Å². The van der Waals surface area contributed by atoms with E-state index >= 15 is 0 Å². The van der Waals surface area contributed by atoms with Gasteiger partial charge in [-0.2, -0.15) is 0 Å². The Balaban J connectivity index is 1.48. The highest BCUT2D eigenvalue weighted by Crippen LogP contribution is 2.56. The number of phenols is 1. The van der Waals surface area contributed by atoms with Crippen molar-refractivity contribution in [2.24, 2.45) is 0 Å². The van der Waals surface area contributed by atoms with Gasteiger partial charge in [0.05, 0.1) is 28.4 Å². The molecule has 4 aliphatic heterocycles. The first-order chi connectivity index (χ1) is 22.8. The average Bonchev–Trinajstić information content (AvgIpc) is 3.08. The summed E-state index contributed by atoms with van der Waals surface area (Å²) >= 11 is 0. The number of fused-ring (bicyclic) bond motifs is 2. The minimum Gasteiger partial charge on any atom is -0.504 e. The normalized spacial score (nSPS) is 19.0. The summed E-state index contributed by atoms with van der Waals surface area (Å²) in [5.74, 6) is 4.53. The van der Waals surface area contributed by atoms with Crippen LogP contribution in [-0.4, -0.2) is 70.5 Å². The van der Waals surface area contributed by atoms with Gasteiger partial charge in [0.25, 0.3) is 0 Å². The van der Waals surface area contributed by atoms with Crippen molar-refractivity contribution in [3.63, 3.8) is 0 Å². The maximum absolute atomic E-state index is 11.5. The molecule has 0 saturated heterocycles. The number of aromatic hydroxyl groups is 1. The molecule has 4 aliphatic rings. The van der Waals surface area contributed by atoms with Crippen molar-refractivity contribution in [3.05, 3.63) is 88.0 Å². The fourth-order valence-corrected chi connectivity index (χ4v) is 7.38. The molecule has 8 rings (SSSR count). The van der Waals surface area contributed by atoms with Crippen LogP contribution in [0.4, 0.5) is 0 Å². The molecule has 4 aromatic carbocycles. The van der Waals surface area contributed by atoms with Gasteiger partial charge in [-0.25, -0.2) is 0 Å². The van der Waals surface area contributed by atoms with Gasteiger partial charge in [0.2, 0.25) is 11.5 Å². The van der Waals surface area contributed by atoms with E-state index in [1.807, 2.05) is 18.2 Å². The molecule has 0 fully saturated rings. The number of rotatable bonds is 4. The zero-order valence-corrected chi connectivity index (χ0v) is 27.9. The summed E-state index contributed by atoms with van der Waals surface area (Å²) in [6.45, 7) is 1.67. The molecule has 6 bridgehead atoms. The lowest BCUT2D eigenvalue weighted by atomic mass is 9.86. The molecule has 0 saturated carbocycles. The topological polar surface area (TPSA) is 82.1 Å². The standard InChI is InChI=1S/C38H42N2O7/c1-39-15-13-24-20-31(43-4)33-21-27(24)28(39)18-23-9-12-30(42-3)32(19-23)46-25-10-7-22(8-11-25)17-29-34-26(14-16-40(29)2)35(41)37(44-5)38(45-6)36(34)47-33/h7-12,19-21,28-29,41H,13-18H2,1-6H3/t28-,29+/m1/s1. The number of ether oxygens (including phenoxy) is 6. The molecular weight excluding hydrogens is 596 g/mol. The van der Waals surface area contributed by atoms with E-state index < -0.39 is 0 Å². The lowest BCUT2D eigenvalue weighted by Gasteiger charge is -2.37. The summed E-state index contributed by atoms with van der Waals surface area (Å²) < 4.78 is 36.7. The highest BCUT2D eigenvalue weighted by molar-refractivity contribution is 5.69. The molecular formula is C38H42N2O7. The van der Waals surface area contributed by atoms with Crippen LogP contribution in [-0.2, 0) is 25.7 Å². The van der Waals surface area contributed by atoms with E-state index in [4.69, 9.17) is 28.4 Å². The van der Waals surface area contributed by atoms with Crippen molar-refractivity contribution in [2.75, 3.05) is 55.6 Å². The Labute approximate surface area is 276 Å². The minimum atomic E-state index is -0.121. The molecule has 4 heterocycles. The van der Waals surface area contributed by atoms with Gasteiger partial charge in [-0.05, 0) is 98.4 Å². The summed E-state index contributed by atoms with van der Waals surface area (Å²) in [7, 11) is 10.7. The van der Waals surface area contributed by atoms with E-state index in [2.05, 4.69) is 60.3 Å². The molecule has 0 amide bonds. The molecule has 9 nitrogen and oxygen atoms in total. The number of phenolic OH excluding ortho intramolecular Hbond substituents is 1. The van der Waals surface area contributed by atoms with Gasteiger partial charge >= 0.3 is 0 Å². The van der Waals surface area contributed by atoms with Crippen LogP contribution in [0, 0.1) is 0 Å². The maximum Gasteiger partial charge on any atom is 0.208 e. The number of benzene rings is 4. The Bertz CT molecular complexity index is 1810. The zero-order chi connectivity index (χ0) is 32.8. The number of likely N-dealkylation sites (N-methyl/N-ethyl adjacent to an activating group) is 2. The van der Waals surface area contributed by atoms with E-state index in [-0.39, 0.29) is 23.6 Å². The number of hydrogen-bond acceptors (Lipinski definition) is 9. The van der Waals surface area contributed by atoms with Crippen LogP contribution >= 0.6 is 0 Å². The van der Waals surface area contributed by atoms with Crippen LogP contribution in [0.15, 0.2) is 54.6 Å². The summed E-state index contributed by atoms with van der Waals surface area (Å²) in [5.41, 5.74) is 6.33. The predicted octanol–water partition coefficient (Wildman–Crippen LogP) is 6.87. The molecule has 9 heteroatoms. The van der Waals surface area contributed by atoms with Crippen molar-refractivity contribution in [1.29, 1.82) is 0 Å². The minimum absolute atomic E-state index is 0.0791. The Morgan fingerprint density at radius 1 is 0.681 bits per heavy atom. The van der Waals surface area contributed by atoms with Crippen LogP contribution in [0.1, 0.15) is 45.5 Å². The quantitative estimate of drug-likeness (QED) is 0.258. The molecule has 2 atom stereocenters. The molecule has 47 heavy (non-hydrogen) atoms. The van der Waals surface area contributed by atoms with Gasteiger partial charge in [-0.3, -0.25) is 9.80 Å². The first-order valence-electron chi connectivity index (χ1n) is 16.1. The lowest BCUT2D eigenvalue weighted by molar-refractivity contribution is 0.216. The molecule has 0 radical (unpaired) electrons. The fraction of sp³-hybridized carbons (Fsp3) is 0.368. The number of hydrogen-bond donors (Lipinski definition) is 1. The predicted molar refractivity (Wildman–Crippen MR) is 179 cm³/mol. The average molecular weight is 639 g/mol. The van der Waals surface area contributed by atoms with E-state index in [1.165, 1.54) is 11.1 Å². The van der Waals surface area contributed by atoms with Crippen molar-refractivity contribution in [3.8, 4) is 51.7 Å². The van der Waals surface area contributed by atoms with E-state index in [1.54, 1.807) is 28.4 Å². The SMILES string of the molecule is COc1ccc2cc1Oc1ccc(cc1)C[C@H]1c3c(c(O)c(OC)c(OC)c3Oc3cc4c(cc3OC)CCN(C)[C@@H]4C2)CCN1C. The summed E-state index contributed by atoms with van der Waals surface area (Å²) in [6.07, 6.45) is 2.95. The zero-order valence-electron chi connectivity index (χ0n) is 27.9.